The molecule has 0 saturated heterocycles. The van der Waals surface area contributed by atoms with Crippen LogP contribution in [0.15, 0.2) is 53.0 Å². The molecule has 0 aliphatic rings. The molecule has 2 aromatic carbocycles. The maximum Gasteiger partial charge on any atom is 0.255 e. The van der Waals surface area contributed by atoms with E-state index in [-0.39, 0.29) is 5.91 Å². The average molecular weight is 367 g/mol. The Balaban J connectivity index is 2.25. The number of hydrogen-bond donors (Lipinski definition) is 0. The summed E-state index contributed by atoms with van der Waals surface area (Å²) in [5.74, 6) is -0.0352. The van der Waals surface area contributed by atoms with E-state index in [9.17, 15) is 4.79 Å². The van der Waals surface area contributed by atoms with E-state index in [1.807, 2.05) is 47.4 Å². The van der Waals surface area contributed by atoms with Crippen molar-refractivity contribution in [3.05, 3.63) is 69.2 Å². The number of carbonyl (C=O) groups is 1. The number of benzene rings is 2. The molecule has 0 unspecified atom stereocenters. The molecule has 0 spiro atoms. The van der Waals surface area contributed by atoms with Crippen LogP contribution in [0, 0.1) is 0 Å². The fourth-order valence-electron chi connectivity index (χ4n) is 2.17. The van der Waals surface area contributed by atoms with Gasteiger partial charge < -0.3 is 4.90 Å². The highest BCUT2D eigenvalue weighted by molar-refractivity contribution is 9.10. The average Bonchev–Trinajstić information content (AvgIpc) is 2.50. The Morgan fingerprint density at radius 3 is 2.52 bits per heavy atom. The molecule has 0 bridgehead atoms. The van der Waals surface area contributed by atoms with Crippen LogP contribution in [0.3, 0.4) is 0 Å². The first-order valence-electron chi connectivity index (χ1n) is 6.90. The van der Waals surface area contributed by atoms with Crippen molar-refractivity contribution in [1.29, 1.82) is 0 Å². The van der Waals surface area contributed by atoms with Gasteiger partial charge in [0.25, 0.3) is 5.91 Å². The molecule has 0 aliphatic heterocycles. The van der Waals surface area contributed by atoms with Crippen LogP contribution in [0.1, 0.15) is 29.3 Å². The minimum absolute atomic E-state index is 0.0352. The van der Waals surface area contributed by atoms with Gasteiger partial charge in [-0.05, 0) is 40.0 Å². The number of carbonyl (C=O) groups excluding carboxylic acids is 1. The Bertz CT molecular complexity index is 615. The molecule has 0 aromatic heterocycles. The second kappa shape index (κ2) is 7.62. The van der Waals surface area contributed by atoms with Gasteiger partial charge in [0.15, 0.2) is 0 Å². The summed E-state index contributed by atoms with van der Waals surface area (Å²) in [5, 5.41) is 0.469. The lowest BCUT2D eigenvalue weighted by Crippen LogP contribution is -2.31. The zero-order valence-corrected chi connectivity index (χ0v) is 14.2. The first kappa shape index (κ1) is 16.1. The lowest BCUT2D eigenvalue weighted by Gasteiger charge is -2.23. The first-order valence-corrected chi connectivity index (χ1v) is 8.07. The Hall–Kier alpha value is -1.32. The second-order valence-corrected chi connectivity index (χ2v) is 6.05. The summed E-state index contributed by atoms with van der Waals surface area (Å²) >= 11 is 9.61. The minimum atomic E-state index is -0.0352. The van der Waals surface area contributed by atoms with Crippen LogP contribution >= 0.6 is 27.5 Å². The third-order valence-electron chi connectivity index (χ3n) is 3.18. The van der Waals surface area contributed by atoms with Crippen molar-refractivity contribution in [3.8, 4) is 0 Å². The third kappa shape index (κ3) is 4.08. The third-order valence-corrected chi connectivity index (χ3v) is 4.48. The minimum Gasteiger partial charge on any atom is -0.334 e. The molecule has 0 atom stereocenters. The van der Waals surface area contributed by atoms with Gasteiger partial charge in [-0.25, -0.2) is 0 Å². The highest BCUT2D eigenvalue weighted by atomic mass is 79.9. The van der Waals surface area contributed by atoms with E-state index in [0.29, 0.717) is 23.7 Å². The van der Waals surface area contributed by atoms with Crippen molar-refractivity contribution in [2.75, 3.05) is 6.54 Å². The van der Waals surface area contributed by atoms with Crippen LogP contribution in [0.4, 0.5) is 0 Å². The molecule has 110 valence electrons. The Labute approximate surface area is 138 Å². The molecular formula is C17H17BrClNO. The molecule has 2 nitrogen and oxygen atoms in total. The Kier molecular flexibility index (Phi) is 5.83. The quantitative estimate of drug-likeness (QED) is 0.716. The molecule has 0 heterocycles. The molecular weight excluding hydrogens is 350 g/mol. The van der Waals surface area contributed by atoms with E-state index in [1.54, 1.807) is 6.07 Å². The van der Waals surface area contributed by atoms with E-state index in [0.717, 1.165) is 16.5 Å². The van der Waals surface area contributed by atoms with Gasteiger partial charge in [0, 0.05) is 17.6 Å². The number of rotatable bonds is 5. The summed E-state index contributed by atoms with van der Waals surface area (Å²) in [7, 11) is 0. The predicted octanol–water partition coefficient (Wildman–Crippen LogP) is 5.15. The molecule has 2 aromatic rings. The molecule has 0 fully saturated rings. The molecule has 1 amide bonds. The molecule has 2 rings (SSSR count). The molecule has 0 saturated carbocycles. The van der Waals surface area contributed by atoms with Crippen molar-refractivity contribution < 1.29 is 4.79 Å². The van der Waals surface area contributed by atoms with Gasteiger partial charge in [-0.3, -0.25) is 4.79 Å². The fourth-order valence-corrected chi connectivity index (χ4v) is 2.74. The van der Waals surface area contributed by atoms with Crippen LogP contribution in [-0.4, -0.2) is 17.4 Å². The highest BCUT2D eigenvalue weighted by Gasteiger charge is 2.19. The summed E-state index contributed by atoms with van der Waals surface area (Å²) < 4.78 is 0.742. The van der Waals surface area contributed by atoms with Gasteiger partial charge in [-0.15, -0.1) is 0 Å². The van der Waals surface area contributed by atoms with Gasteiger partial charge in [0.2, 0.25) is 0 Å². The van der Waals surface area contributed by atoms with Crippen molar-refractivity contribution in [2.24, 2.45) is 0 Å². The number of nitrogens with zero attached hydrogens (tertiary/aromatic N) is 1. The van der Waals surface area contributed by atoms with Crippen molar-refractivity contribution >= 4 is 33.4 Å². The summed E-state index contributed by atoms with van der Waals surface area (Å²) in [5.41, 5.74) is 1.65. The smallest absolute Gasteiger partial charge is 0.255 e. The van der Waals surface area contributed by atoms with Crippen LogP contribution < -0.4 is 0 Å². The number of hydrogen-bond acceptors (Lipinski definition) is 1. The monoisotopic (exact) mass is 365 g/mol. The molecule has 4 heteroatoms. The van der Waals surface area contributed by atoms with Crippen LogP contribution in [0.5, 0.6) is 0 Å². The molecule has 21 heavy (non-hydrogen) atoms. The zero-order chi connectivity index (χ0) is 15.2. The summed E-state index contributed by atoms with van der Waals surface area (Å²) in [4.78, 5) is 14.6. The van der Waals surface area contributed by atoms with Gasteiger partial charge >= 0.3 is 0 Å². The van der Waals surface area contributed by atoms with Crippen LogP contribution in [-0.2, 0) is 6.54 Å². The van der Waals surface area contributed by atoms with E-state index in [1.165, 1.54) is 0 Å². The van der Waals surface area contributed by atoms with Gasteiger partial charge in [0.05, 0.1) is 10.6 Å². The van der Waals surface area contributed by atoms with Crippen molar-refractivity contribution in [2.45, 2.75) is 19.9 Å². The highest BCUT2D eigenvalue weighted by Crippen LogP contribution is 2.27. The van der Waals surface area contributed by atoms with E-state index < -0.39 is 0 Å². The SMILES string of the molecule is CCCN(Cc1ccccc1)C(=O)c1cccc(Br)c1Cl. The van der Waals surface area contributed by atoms with Crippen molar-refractivity contribution in [1.82, 2.24) is 4.90 Å². The largest absolute Gasteiger partial charge is 0.334 e. The van der Waals surface area contributed by atoms with Gasteiger partial charge in [-0.1, -0.05) is 54.9 Å². The standard InChI is InChI=1S/C17H17BrClNO/c1-2-11-20(12-13-7-4-3-5-8-13)17(21)14-9-6-10-15(18)16(14)19/h3-10H,2,11-12H2,1H3. The van der Waals surface area contributed by atoms with E-state index in [2.05, 4.69) is 22.9 Å². The first-order chi connectivity index (χ1) is 10.1. The van der Waals surface area contributed by atoms with E-state index >= 15 is 0 Å². The Morgan fingerprint density at radius 1 is 1.14 bits per heavy atom. The van der Waals surface area contributed by atoms with Gasteiger partial charge in [-0.2, -0.15) is 0 Å². The van der Waals surface area contributed by atoms with Crippen molar-refractivity contribution in [3.63, 3.8) is 0 Å². The molecule has 0 aliphatic carbocycles. The normalized spacial score (nSPS) is 10.4. The lowest BCUT2D eigenvalue weighted by atomic mass is 10.1. The Morgan fingerprint density at radius 2 is 1.86 bits per heavy atom. The summed E-state index contributed by atoms with van der Waals surface area (Å²) in [6.07, 6.45) is 0.907. The summed E-state index contributed by atoms with van der Waals surface area (Å²) in [6.45, 7) is 3.36. The number of amides is 1. The predicted molar refractivity (Wildman–Crippen MR) is 90.6 cm³/mol. The lowest BCUT2D eigenvalue weighted by molar-refractivity contribution is 0.0743. The summed E-state index contributed by atoms with van der Waals surface area (Å²) in [6, 6.07) is 15.4. The number of halogens is 2. The fraction of sp³-hybridized carbons (Fsp3) is 0.235. The van der Waals surface area contributed by atoms with Gasteiger partial charge in [0.1, 0.15) is 0 Å². The van der Waals surface area contributed by atoms with Crippen LogP contribution in [0.25, 0.3) is 0 Å². The molecule has 0 radical (unpaired) electrons. The zero-order valence-electron chi connectivity index (χ0n) is 11.9. The maximum absolute atomic E-state index is 12.7. The second-order valence-electron chi connectivity index (χ2n) is 4.81. The topological polar surface area (TPSA) is 20.3 Å². The molecule has 0 N–H and O–H groups in total. The maximum atomic E-state index is 12.7. The van der Waals surface area contributed by atoms with E-state index in [4.69, 9.17) is 11.6 Å². The van der Waals surface area contributed by atoms with Crippen LogP contribution in [0.2, 0.25) is 5.02 Å².